The van der Waals surface area contributed by atoms with Crippen molar-refractivity contribution in [2.75, 3.05) is 0 Å². The molecule has 1 unspecified atom stereocenters. The molecule has 0 spiro atoms. The van der Waals surface area contributed by atoms with E-state index in [1.54, 1.807) is 6.07 Å². The Morgan fingerprint density at radius 3 is 2.35 bits per heavy atom. The zero-order chi connectivity index (χ0) is 14.8. The van der Waals surface area contributed by atoms with E-state index < -0.39 is 23.7 Å². The van der Waals surface area contributed by atoms with Crippen LogP contribution in [0.1, 0.15) is 22.8 Å². The molecule has 106 valence electrons. The highest BCUT2D eigenvalue weighted by Crippen LogP contribution is 2.31. The highest BCUT2D eigenvalue weighted by Gasteiger charge is 2.30. The second-order valence-electron chi connectivity index (χ2n) is 4.47. The maximum absolute atomic E-state index is 13.0. The first kappa shape index (κ1) is 14.5. The van der Waals surface area contributed by atoms with E-state index in [9.17, 15) is 22.7 Å². The molecule has 0 heterocycles. The smallest absolute Gasteiger partial charge is 0.388 e. The number of halogens is 4. The van der Waals surface area contributed by atoms with Crippen LogP contribution in [0.2, 0.25) is 0 Å². The minimum Gasteiger partial charge on any atom is -0.388 e. The Balaban J connectivity index is 2.19. The van der Waals surface area contributed by atoms with Crippen molar-refractivity contribution >= 4 is 0 Å². The summed E-state index contributed by atoms with van der Waals surface area (Å²) in [6, 6.07) is 10.1. The van der Waals surface area contributed by atoms with Gasteiger partial charge in [0.1, 0.15) is 5.82 Å². The van der Waals surface area contributed by atoms with Gasteiger partial charge in [0.2, 0.25) is 0 Å². The van der Waals surface area contributed by atoms with E-state index in [1.165, 1.54) is 30.3 Å². The summed E-state index contributed by atoms with van der Waals surface area (Å²) in [6.45, 7) is 0. The molecule has 0 fully saturated rings. The predicted molar refractivity (Wildman–Crippen MR) is 66.5 cm³/mol. The zero-order valence-corrected chi connectivity index (χ0v) is 10.4. The Morgan fingerprint density at radius 1 is 1.00 bits per heavy atom. The van der Waals surface area contributed by atoms with Crippen molar-refractivity contribution < 1.29 is 22.7 Å². The molecule has 1 N–H and O–H groups in total. The van der Waals surface area contributed by atoms with E-state index >= 15 is 0 Å². The van der Waals surface area contributed by atoms with Crippen LogP contribution in [0.3, 0.4) is 0 Å². The Morgan fingerprint density at radius 2 is 1.70 bits per heavy atom. The van der Waals surface area contributed by atoms with Crippen LogP contribution in [0.5, 0.6) is 0 Å². The van der Waals surface area contributed by atoms with Crippen molar-refractivity contribution in [2.45, 2.75) is 18.7 Å². The van der Waals surface area contributed by atoms with Crippen LogP contribution < -0.4 is 0 Å². The first-order valence-electron chi connectivity index (χ1n) is 5.96. The molecule has 0 aliphatic carbocycles. The molecule has 1 atom stereocenters. The number of aliphatic hydroxyl groups is 1. The van der Waals surface area contributed by atoms with Crippen LogP contribution >= 0.6 is 0 Å². The van der Waals surface area contributed by atoms with Crippen LogP contribution in [0, 0.1) is 5.82 Å². The lowest BCUT2D eigenvalue weighted by Gasteiger charge is -2.14. The highest BCUT2D eigenvalue weighted by atomic mass is 19.4. The van der Waals surface area contributed by atoms with Crippen molar-refractivity contribution in [2.24, 2.45) is 0 Å². The predicted octanol–water partition coefficient (Wildman–Crippen LogP) is 4.12. The van der Waals surface area contributed by atoms with Crippen LogP contribution in [0.15, 0.2) is 48.5 Å². The van der Waals surface area contributed by atoms with Crippen LogP contribution in [-0.2, 0) is 12.6 Å². The Labute approximate surface area is 113 Å². The fourth-order valence-corrected chi connectivity index (χ4v) is 1.93. The van der Waals surface area contributed by atoms with Crippen LogP contribution in [0.25, 0.3) is 0 Å². The summed E-state index contributed by atoms with van der Waals surface area (Å²) in [4.78, 5) is 0. The molecule has 5 heteroatoms. The Bertz CT molecular complexity index is 592. The summed E-state index contributed by atoms with van der Waals surface area (Å²) in [5.74, 6) is -0.446. The molecule has 0 aliphatic heterocycles. The van der Waals surface area contributed by atoms with Crippen molar-refractivity contribution in [3.63, 3.8) is 0 Å². The lowest BCUT2D eigenvalue weighted by atomic mass is 9.99. The summed E-state index contributed by atoms with van der Waals surface area (Å²) in [5.41, 5.74) is -0.132. The monoisotopic (exact) mass is 284 g/mol. The maximum Gasteiger partial charge on any atom is 0.416 e. The fourth-order valence-electron chi connectivity index (χ4n) is 1.93. The molecular weight excluding hydrogens is 272 g/mol. The third-order valence-electron chi connectivity index (χ3n) is 2.92. The molecule has 2 aromatic carbocycles. The third kappa shape index (κ3) is 3.57. The number of aliphatic hydroxyl groups excluding tert-OH is 1. The molecular formula is C15H12F4O. The van der Waals surface area contributed by atoms with Gasteiger partial charge >= 0.3 is 6.18 Å². The lowest BCUT2D eigenvalue weighted by molar-refractivity contribution is -0.137. The maximum atomic E-state index is 13.0. The summed E-state index contributed by atoms with van der Waals surface area (Å²) in [5, 5.41) is 9.97. The summed E-state index contributed by atoms with van der Waals surface area (Å²) >= 11 is 0. The minimum atomic E-state index is -4.45. The quantitative estimate of drug-likeness (QED) is 0.841. The second kappa shape index (κ2) is 5.63. The van der Waals surface area contributed by atoms with Crippen molar-refractivity contribution in [1.82, 2.24) is 0 Å². The number of benzene rings is 2. The van der Waals surface area contributed by atoms with E-state index in [2.05, 4.69) is 0 Å². The summed E-state index contributed by atoms with van der Waals surface area (Å²) in [7, 11) is 0. The van der Waals surface area contributed by atoms with Gasteiger partial charge in [0.05, 0.1) is 11.7 Å². The van der Waals surface area contributed by atoms with Crippen molar-refractivity contribution in [3.8, 4) is 0 Å². The van der Waals surface area contributed by atoms with Crippen molar-refractivity contribution in [3.05, 3.63) is 71.0 Å². The molecule has 0 saturated heterocycles. The van der Waals surface area contributed by atoms with Gasteiger partial charge in [0.25, 0.3) is 0 Å². The average Bonchev–Trinajstić information content (AvgIpc) is 2.38. The van der Waals surface area contributed by atoms with Crippen LogP contribution in [-0.4, -0.2) is 5.11 Å². The van der Waals surface area contributed by atoms with Gasteiger partial charge in [0.15, 0.2) is 0 Å². The molecule has 0 bridgehead atoms. The molecule has 2 rings (SSSR count). The van der Waals surface area contributed by atoms with E-state index in [4.69, 9.17) is 0 Å². The second-order valence-corrected chi connectivity index (χ2v) is 4.47. The Kier molecular flexibility index (Phi) is 4.09. The molecule has 1 nitrogen and oxygen atoms in total. The minimum absolute atomic E-state index is 0.0546. The third-order valence-corrected chi connectivity index (χ3v) is 2.92. The fraction of sp³-hybridized carbons (Fsp3) is 0.200. The molecule has 0 amide bonds. The average molecular weight is 284 g/mol. The summed E-state index contributed by atoms with van der Waals surface area (Å²) < 4.78 is 50.7. The first-order valence-corrected chi connectivity index (χ1v) is 5.96. The normalized spacial score (nSPS) is 13.2. The van der Waals surface area contributed by atoms with Gasteiger partial charge in [-0.25, -0.2) is 4.39 Å². The van der Waals surface area contributed by atoms with E-state index in [1.807, 2.05) is 0 Å². The van der Waals surface area contributed by atoms with E-state index in [0.717, 1.165) is 12.1 Å². The molecule has 0 aliphatic rings. The van der Waals surface area contributed by atoms with Crippen molar-refractivity contribution in [1.29, 1.82) is 0 Å². The molecule has 0 aromatic heterocycles. The van der Waals surface area contributed by atoms with Gasteiger partial charge in [0, 0.05) is 6.42 Å². The zero-order valence-electron chi connectivity index (χ0n) is 10.4. The first-order chi connectivity index (χ1) is 9.36. The SMILES string of the molecule is OC(Cc1cccc(F)c1)c1cccc(C(F)(F)F)c1. The number of hydrogen-bond acceptors (Lipinski definition) is 1. The topological polar surface area (TPSA) is 20.2 Å². The van der Waals surface area contributed by atoms with Crippen LogP contribution in [0.4, 0.5) is 17.6 Å². The van der Waals surface area contributed by atoms with Gasteiger partial charge in [-0.2, -0.15) is 13.2 Å². The van der Waals surface area contributed by atoms with Gasteiger partial charge < -0.3 is 5.11 Å². The standard InChI is InChI=1S/C15H12F4O/c16-13-6-1-3-10(7-13)8-14(20)11-4-2-5-12(9-11)15(17,18)19/h1-7,9,14,20H,8H2. The highest BCUT2D eigenvalue weighted by molar-refractivity contribution is 5.28. The van der Waals surface area contributed by atoms with E-state index in [-0.39, 0.29) is 12.0 Å². The van der Waals surface area contributed by atoms with E-state index in [0.29, 0.717) is 5.56 Å². The molecule has 2 aromatic rings. The lowest BCUT2D eigenvalue weighted by Crippen LogP contribution is -2.08. The van der Waals surface area contributed by atoms with Gasteiger partial charge in [-0.15, -0.1) is 0 Å². The molecule has 0 radical (unpaired) electrons. The Hall–Kier alpha value is -1.88. The van der Waals surface area contributed by atoms with Gasteiger partial charge in [-0.05, 0) is 35.4 Å². The van der Waals surface area contributed by atoms with Gasteiger partial charge in [-0.3, -0.25) is 0 Å². The number of rotatable bonds is 3. The largest absolute Gasteiger partial charge is 0.416 e. The summed E-state index contributed by atoms with van der Waals surface area (Å²) in [6.07, 6.45) is -5.51. The van der Waals surface area contributed by atoms with Gasteiger partial charge in [-0.1, -0.05) is 24.3 Å². The molecule has 0 saturated carbocycles. The molecule has 20 heavy (non-hydrogen) atoms. The number of alkyl halides is 3. The number of hydrogen-bond donors (Lipinski definition) is 1.